The highest BCUT2D eigenvalue weighted by Gasteiger charge is 2.46. The van der Waals surface area contributed by atoms with Gasteiger partial charge in [0.15, 0.2) is 8.32 Å². The van der Waals surface area contributed by atoms with Gasteiger partial charge < -0.3 is 21.4 Å². The summed E-state index contributed by atoms with van der Waals surface area (Å²) in [4.78, 5) is 0. The number of hydrogen-bond donors (Lipinski definition) is 0. The summed E-state index contributed by atoms with van der Waals surface area (Å²) in [6.45, 7) is 10.0. The van der Waals surface area contributed by atoms with E-state index in [0.29, 0.717) is 5.92 Å². The van der Waals surface area contributed by atoms with Crippen molar-refractivity contribution in [1.29, 1.82) is 0 Å². The van der Waals surface area contributed by atoms with E-state index in [2.05, 4.69) is 118 Å². The molecule has 0 spiro atoms. The van der Waals surface area contributed by atoms with E-state index in [4.69, 9.17) is 4.43 Å². The molecule has 0 saturated heterocycles. The first kappa shape index (κ1) is 24.0. The standard InChI is InChI=1S/C25H32OPSi.BrH/c1-22(20-26-28(2,3)4)21-27(23-14-8-5-9-15-23,24-16-10-6-11-17-24)25-18-12-7-13-19-25;/h5-19,22H,20-21H2,1-4H3;1H/q+1;/p-1. The Balaban J connectivity index is 0.00000300. The van der Waals surface area contributed by atoms with Crippen LogP contribution in [0.1, 0.15) is 6.92 Å². The van der Waals surface area contributed by atoms with Gasteiger partial charge in [-0.05, 0) is 56.0 Å². The van der Waals surface area contributed by atoms with Crippen molar-refractivity contribution in [1.82, 2.24) is 0 Å². The molecule has 3 rings (SSSR count). The molecular weight excluding hydrogens is 455 g/mol. The molecule has 0 fully saturated rings. The van der Waals surface area contributed by atoms with E-state index in [1.165, 1.54) is 15.9 Å². The largest absolute Gasteiger partial charge is 1.00 e. The van der Waals surface area contributed by atoms with Gasteiger partial charge in [0.05, 0.1) is 6.16 Å². The minimum atomic E-state index is -1.76. The molecular formula is C25H32BrOPSi. The lowest BCUT2D eigenvalue weighted by molar-refractivity contribution is -0.00000674. The Morgan fingerprint density at radius 2 is 1.03 bits per heavy atom. The Kier molecular flexibility index (Phi) is 8.85. The molecule has 0 aliphatic carbocycles. The van der Waals surface area contributed by atoms with E-state index in [1.807, 2.05) is 0 Å². The smallest absolute Gasteiger partial charge is 0.183 e. The van der Waals surface area contributed by atoms with E-state index < -0.39 is 15.6 Å². The number of benzene rings is 3. The average molecular weight is 487 g/mol. The van der Waals surface area contributed by atoms with Crippen molar-refractivity contribution in [3.05, 3.63) is 91.0 Å². The van der Waals surface area contributed by atoms with Crippen LogP contribution in [-0.2, 0) is 4.43 Å². The van der Waals surface area contributed by atoms with Crippen LogP contribution in [0.2, 0.25) is 19.6 Å². The van der Waals surface area contributed by atoms with Gasteiger partial charge in [-0.3, -0.25) is 0 Å². The molecule has 0 saturated carbocycles. The quantitative estimate of drug-likeness (QED) is 0.351. The summed E-state index contributed by atoms with van der Waals surface area (Å²) in [6, 6.07) is 33.3. The van der Waals surface area contributed by atoms with Gasteiger partial charge in [0.1, 0.15) is 23.2 Å². The Morgan fingerprint density at radius 1 is 0.690 bits per heavy atom. The van der Waals surface area contributed by atoms with Crippen LogP contribution in [0, 0.1) is 5.92 Å². The van der Waals surface area contributed by atoms with Crippen molar-refractivity contribution in [2.24, 2.45) is 5.92 Å². The molecule has 1 unspecified atom stereocenters. The minimum absolute atomic E-state index is 0. The van der Waals surface area contributed by atoms with Crippen LogP contribution in [-0.4, -0.2) is 21.1 Å². The molecule has 154 valence electrons. The second kappa shape index (κ2) is 10.7. The fourth-order valence-corrected chi connectivity index (χ4v) is 9.12. The third-order valence-electron chi connectivity index (χ3n) is 4.98. The van der Waals surface area contributed by atoms with Crippen molar-refractivity contribution >= 4 is 31.5 Å². The fourth-order valence-electron chi connectivity index (χ4n) is 3.72. The second-order valence-corrected chi connectivity index (χ2v) is 16.6. The number of rotatable bonds is 8. The molecule has 1 atom stereocenters. The van der Waals surface area contributed by atoms with Gasteiger partial charge in [-0.1, -0.05) is 61.5 Å². The Bertz CT molecular complexity index is 754. The molecule has 4 heteroatoms. The van der Waals surface area contributed by atoms with Crippen LogP contribution in [0.3, 0.4) is 0 Å². The van der Waals surface area contributed by atoms with Crippen LogP contribution in [0.25, 0.3) is 0 Å². The van der Waals surface area contributed by atoms with Crippen LogP contribution in [0.15, 0.2) is 91.0 Å². The van der Waals surface area contributed by atoms with E-state index in [-0.39, 0.29) is 17.0 Å². The van der Waals surface area contributed by atoms with Crippen LogP contribution < -0.4 is 32.9 Å². The molecule has 0 heterocycles. The first-order chi connectivity index (χ1) is 13.4. The van der Waals surface area contributed by atoms with E-state index in [1.54, 1.807) is 0 Å². The summed E-state index contributed by atoms with van der Waals surface area (Å²) >= 11 is 0. The second-order valence-electron chi connectivity index (χ2n) is 8.53. The average Bonchev–Trinajstić information content (AvgIpc) is 2.72. The van der Waals surface area contributed by atoms with Crippen molar-refractivity contribution < 1.29 is 21.4 Å². The van der Waals surface area contributed by atoms with Crippen molar-refractivity contribution in [3.63, 3.8) is 0 Å². The monoisotopic (exact) mass is 486 g/mol. The first-order valence-corrected chi connectivity index (χ1v) is 15.5. The highest BCUT2D eigenvalue weighted by atomic mass is 79.9. The molecule has 0 bridgehead atoms. The van der Waals surface area contributed by atoms with Gasteiger partial charge in [-0.25, -0.2) is 0 Å². The Labute approximate surface area is 188 Å². The predicted molar refractivity (Wildman–Crippen MR) is 128 cm³/mol. The lowest BCUT2D eigenvalue weighted by Gasteiger charge is -2.31. The first-order valence-electron chi connectivity index (χ1n) is 10.1. The summed E-state index contributed by atoms with van der Waals surface area (Å²) in [5.41, 5.74) is 0. The maximum Gasteiger partial charge on any atom is 0.183 e. The zero-order chi connectivity index (χ0) is 20.0. The van der Waals surface area contributed by atoms with Crippen LogP contribution in [0.5, 0.6) is 0 Å². The summed E-state index contributed by atoms with van der Waals surface area (Å²) in [5, 5.41) is 4.35. The molecule has 0 amide bonds. The maximum atomic E-state index is 6.30. The maximum absolute atomic E-state index is 6.30. The molecule has 3 aromatic rings. The summed E-state index contributed by atoms with van der Waals surface area (Å²) < 4.78 is 6.30. The molecule has 0 aromatic heterocycles. The SMILES string of the molecule is CC(CO[Si](C)(C)C)C[P+](c1ccccc1)(c1ccccc1)c1ccccc1.[Br-]. The highest BCUT2D eigenvalue weighted by molar-refractivity contribution is 7.95. The van der Waals surface area contributed by atoms with E-state index >= 15 is 0 Å². The summed E-state index contributed by atoms with van der Waals surface area (Å²) in [7, 11) is -3.28. The number of hydrogen-bond acceptors (Lipinski definition) is 1. The molecule has 0 aliphatic rings. The van der Waals surface area contributed by atoms with Gasteiger partial charge in [0.25, 0.3) is 0 Å². The predicted octanol–water partition coefficient (Wildman–Crippen LogP) is 2.47. The topological polar surface area (TPSA) is 9.23 Å². The fraction of sp³-hybridized carbons (Fsp3) is 0.280. The highest BCUT2D eigenvalue weighted by Crippen LogP contribution is 2.56. The summed E-state index contributed by atoms with van der Waals surface area (Å²) in [6.07, 6.45) is 1.12. The lowest BCUT2D eigenvalue weighted by atomic mass is 10.2. The van der Waals surface area contributed by atoms with Gasteiger partial charge >= 0.3 is 0 Å². The van der Waals surface area contributed by atoms with Gasteiger partial charge in [0, 0.05) is 12.5 Å². The summed E-state index contributed by atoms with van der Waals surface area (Å²) in [5.74, 6) is 0.487. The zero-order valence-corrected chi connectivity index (χ0v) is 21.4. The lowest BCUT2D eigenvalue weighted by Crippen LogP contribution is -3.00. The van der Waals surface area contributed by atoms with Gasteiger partial charge in [-0.15, -0.1) is 0 Å². The van der Waals surface area contributed by atoms with Crippen LogP contribution in [0.4, 0.5) is 0 Å². The third-order valence-corrected chi connectivity index (χ3v) is 10.7. The normalized spacial score (nSPS) is 12.8. The van der Waals surface area contributed by atoms with Crippen molar-refractivity contribution in [3.8, 4) is 0 Å². The van der Waals surface area contributed by atoms with E-state index in [9.17, 15) is 0 Å². The molecule has 1 nitrogen and oxygen atoms in total. The van der Waals surface area contributed by atoms with Crippen molar-refractivity contribution in [2.75, 3.05) is 12.8 Å². The van der Waals surface area contributed by atoms with Crippen molar-refractivity contribution in [2.45, 2.75) is 26.6 Å². The van der Waals surface area contributed by atoms with E-state index in [0.717, 1.165) is 12.8 Å². The Hall–Kier alpha value is -1.25. The molecule has 29 heavy (non-hydrogen) atoms. The molecule has 0 aliphatic heterocycles. The van der Waals surface area contributed by atoms with Gasteiger partial charge in [0.2, 0.25) is 0 Å². The Morgan fingerprint density at radius 3 is 1.34 bits per heavy atom. The van der Waals surface area contributed by atoms with Gasteiger partial charge in [-0.2, -0.15) is 0 Å². The minimum Gasteiger partial charge on any atom is -1.00 e. The molecule has 0 N–H and O–H groups in total. The third kappa shape index (κ3) is 6.12. The molecule has 3 aromatic carbocycles. The zero-order valence-electron chi connectivity index (χ0n) is 17.9. The van der Waals surface area contributed by atoms with Crippen LogP contribution >= 0.6 is 7.26 Å². The number of halogens is 1. The molecule has 0 radical (unpaired) electrons.